The molecule has 3 N–H and O–H groups in total. The predicted octanol–water partition coefficient (Wildman–Crippen LogP) is 4.67. The van der Waals surface area contributed by atoms with Crippen LogP contribution in [0.4, 0.5) is 10.1 Å². The molecule has 0 spiro atoms. The lowest BCUT2D eigenvalue weighted by atomic mass is 10.0. The van der Waals surface area contributed by atoms with E-state index in [0.29, 0.717) is 11.1 Å². The molecule has 0 bridgehead atoms. The van der Waals surface area contributed by atoms with Gasteiger partial charge >= 0.3 is 0 Å². The zero-order chi connectivity index (χ0) is 26.4. The van der Waals surface area contributed by atoms with Crippen LogP contribution in [0.25, 0.3) is 16.8 Å². The first-order valence-electron chi connectivity index (χ1n) is 11.4. The first kappa shape index (κ1) is 25.1. The molecular formula is C29H25FN4O3. The largest absolute Gasteiger partial charge is 0.507 e. The van der Waals surface area contributed by atoms with E-state index in [9.17, 15) is 19.1 Å². The van der Waals surface area contributed by atoms with Gasteiger partial charge in [0.1, 0.15) is 17.3 Å². The van der Waals surface area contributed by atoms with Crippen LogP contribution in [0.3, 0.4) is 0 Å². The number of hydrogen-bond acceptors (Lipinski definition) is 5. The third-order valence-electron chi connectivity index (χ3n) is 5.61. The lowest BCUT2D eigenvalue weighted by molar-refractivity contribution is -0.117. The molecule has 186 valence electrons. The molecule has 4 rings (SSSR count). The highest BCUT2D eigenvalue weighted by molar-refractivity contribution is 6.06. The number of hydrazone groups is 1. The number of amides is 2. The van der Waals surface area contributed by atoms with Crippen molar-refractivity contribution in [1.82, 2.24) is 10.7 Å². The third-order valence-corrected chi connectivity index (χ3v) is 5.61. The predicted molar refractivity (Wildman–Crippen MR) is 144 cm³/mol. The molecule has 8 heteroatoms. The van der Waals surface area contributed by atoms with Gasteiger partial charge in [-0.25, -0.2) is 9.82 Å². The average Bonchev–Trinajstić information content (AvgIpc) is 2.89. The van der Waals surface area contributed by atoms with Crippen LogP contribution < -0.4 is 15.6 Å². The number of carbonyl (C=O) groups is 2. The average molecular weight is 497 g/mol. The van der Waals surface area contributed by atoms with Crippen LogP contribution in [-0.4, -0.2) is 37.2 Å². The second kappa shape index (κ2) is 11.2. The SMILES string of the molecule is CN(C)c1ccc(/C=C(\NC(=O)c2cccc(F)c2)C(=O)N/N=C\c2c(O)ccc3ccccc23)cc1. The fraction of sp³-hybridized carbons (Fsp3) is 0.0690. The number of halogens is 1. The minimum absolute atomic E-state index is 0.00727. The van der Waals surface area contributed by atoms with Crippen molar-refractivity contribution >= 4 is 40.6 Å². The Kier molecular flexibility index (Phi) is 7.59. The molecule has 0 aromatic heterocycles. The summed E-state index contributed by atoms with van der Waals surface area (Å²) in [6, 6.07) is 23.3. The number of fused-ring (bicyclic) bond motifs is 1. The zero-order valence-electron chi connectivity index (χ0n) is 20.3. The Bertz CT molecular complexity index is 1510. The van der Waals surface area contributed by atoms with Crippen LogP contribution in [0.2, 0.25) is 0 Å². The van der Waals surface area contributed by atoms with Crippen molar-refractivity contribution in [3.05, 3.63) is 113 Å². The fourth-order valence-electron chi connectivity index (χ4n) is 3.65. The maximum absolute atomic E-state index is 13.6. The molecule has 0 heterocycles. The lowest BCUT2D eigenvalue weighted by Crippen LogP contribution is -2.32. The number of rotatable bonds is 7. The highest BCUT2D eigenvalue weighted by Crippen LogP contribution is 2.25. The van der Waals surface area contributed by atoms with E-state index in [1.54, 1.807) is 24.3 Å². The number of benzene rings is 4. The van der Waals surface area contributed by atoms with Gasteiger partial charge in [-0.05, 0) is 58.8 Å². The molecule has 37 heavy (non-hydrogen) atoms. The van der Waals surface area contributed by atoms with Crippen LogP contribution in [0, 0.1) is 5.82 Å². The molecule has 4 aromatic rings. The number of phenols is 1. The zero-order valence-corrected chi connectivity index (χ0v) is 20.3. The summed E-state index contributed by atoms with van der Waals surface area (Å²) in [5.41, 5.74) is 4.42. The van der Waals surface area contributed by atoms with E-state index < -0.39 is 17.6 Å². The van der Waals surface area contributed by atoms with E-state index in [-0.39, 0.29) is 17.0 Å². The van der Waals surface area contributed by atoms with E-state index in [1.807, 2.05) is 55.4 Å². The quantitative estimate of drug-likeness (QED) is 0.197. The number of phenolic OH excluding ortho intramolecular Hbond substituents is 1. The Hall–Kier alpha value is -4.98. The van der Waals surface area contributed by atoms with Gasteiger partial charge in [0.15, 0.2) is 0 Å². The molecular weight excluding hydrogens is 471 g/mol. The molecule has 0 aliphatic heterocycles. The molecule has 0 saturated carbocycles. The Balaban J connectivity index is 1.60. The number of nitrogens with zero attached hydrogens (tertiary/aromatic N) is 2. The molecule has 4 aromatic carbocycles. The minimum Gasteiger partial charge on any atom is -0.507 e. The summed E-state index contributed by atoms with van der Waals surface area (Å²) in [4.78, 5) is 27.7. The molecule has 0 aliphatic carbocycles. The van der Waals surface area contributed by atoms with E-state index in [0.717, 1.165) is 22.5 Å². The third kappa shape index (κ3) is 6.18. The van der Waals surface area contributed by atoms with Crippen LogP contribution >= 0.6 is 0 Å². The minimum atomic E-state index is -0.697. The topological polar surface area (TPSA) is 94.0 Å². The molecule has 0 unspecified atom stereocenters. The van der Waals surface area contributed by atoms with Crippen LogP contribution in [0.15, 0.2) is 95.7 Å². The lowest BCUT2D eigenvalue weighted by Gasteiger charge is -2.13. The highest BCUT2D eigenvalue weighted by atomic mass is 19.1. The molecule has 0 radical (unpaired) electrons. The number of carbonyl (C=O) groups excluding carboxylic acids is 2. The Labute approximate surface area is 213 Å². The van der Waals surface area contributed by atoms with Crippen LogP contribution in [-0.2, 0) is 4.79 Å². The van der Waals surface area contributed by atoms with Crippen molar-refractivity contribution in [2.75, 3.05) is 19.0 Å². The molecule has 0 fully saturated rings. The number of hydrogen-bond donors (Lipinski definition) is 3. The van der Waals surface area contributed by atoms with E-state index in [1.165, 1.54) is 30.5 Å². The summed E-state index contributed by atoms with van der Waals surface area (Å²) in [6.45, 7) is 0. The Morgan fingerprint density at radius 2 is 1.70 bits per heavy atom. The number of nitrogens with one attached hydrogen (secondary N) is 2. The van der Waals surface area contributed by atoms with E-state index in [2.05, 4.69) is 15.8 Å². The maximum atomic E-state index is 13.6. The first-order chi connectivity index (χ1) is 17.8. The van der Waals surface area contributed by atoms with Gasteiger partial charge in [-0.15, -0.1) is 0 Å². The van der Waals surface area contributed by atoms with Crippen molar-refractivity contribution in [1.29, 1.82) is 0 Å². The van der Waals surface area contributed by atoms with Crippen molar-refractivity contribution < 1.29 is 19.1 Å². The standard InChI is InChI=1S/C29H25FN4O3/c1-34(2)23-13-10-19(11-14-23)16-26(32-28(36)21-7-5-8-22(30)17-21)29(37)33-31-18-25-24-9-4-3-6-20(24)12-15-27(25)35/h3-18,35H,1-2H3,(H,32,36)(H,33,37)/b26-16-,31-18-. The van der Waals surface area contributed by atoms with Gasteiger partial charge in [-0.1, -0.05) is 48.5 Å². The highest BCUT2D eigenvalue weighted by Gasteiger charge is 2.15. The van der Waals surface area contributed by atoms with Gasteiger partial charge < -0.3 is 15.3 Å². The Morgan fingerprint density at radius 3 is 2.43 bits per heavy atom. The van der Waals surface area contributed by atoms with Crippen molar-refractivity contribution in [2.45, 2.75) is 0 Å². The van der Waals surface area contributed by atoms with E-state index >= 15 is 0 Å². The summed E-state index contributed by atoms with van der Waals surface area (Å²) in [5.74, 6) is -1.91. The Morgan fingerprint density at radius 1 is 0.946 bits per heavy atom. The molecule has 0 saturated heterocycles. The van der Waals surface area contributed by atoms with Gasteiger partial charge in [-0.3, -0.25) is 9.59 Å². The van der Waals surface area contributed by atoms with Crippen LogP contribution in [0.5, 0.6) is 5.75 Å². The van der Waals surface area contributed by atoms with Crippen molar-refractivity contribution in [3.8, 4) is 5.75 Å². The van der Waals surface area contributed by atoms with Gasteiger partial charge in [0, 0.05) is 30.9 Å². The summed E-state index contributed by atoms with van der Waals surface area (Å²) >= 11 is 0. The molecule has 2 amide bonds. The summed E-state index contributed by atoms with van der Waals surface area (Å²) in [5, 5.41) is 18.5. The molecule has 0 aliphatic rings. The molecule has 7 nitrogen and oxygen atoms in total. The van der Waals surface area contributed by atoms with Gasteiger partial charge in [0.25, 0.3) is 11.8 Å². The second-order valence-corrected chi connectivity index (χ2v) is 8.43. The van der Waals surface area contributed by atoms with Gasteiger partial charge in [0.05, 0.1) is 6.21 Å². The number of aromatic hydroxyl groups is 1. The number of anilines is 1. The summed E-state index contributed by atoms with van der Waals surface area (Å²) in [6.07, 6.45) is 2.84. The first-order valence-corrected chi connectivity index (χ1v) is 11.4. The monoisotopic (exact) mass is 496 g/mol. The summed E-state index contributed by atoms with van der Waals surface area (Å²) < 4.78 is 13.6. The smallest absolute Gasteiger partial charge is 0.287 e. The van der Waals surface area contributed by atoms with Crippen molar-refractivity contribution in [2.24, 2.45) is 5.10 Å². The normalized spacial score (nSPS) is 11.5. The maximum Gasteiger partial charge on any atom is 0.287 e. The second-order valence-electron chi connectivity index (χ2n) is 8.43. The van der Waals surface area contributed by atoms with Crippen LogP contribution in [0.1, 0.15) is 21.5 Å². The molecule has 0 atom stereocenters. The summed E-state index contributed by atoms with van der Waals surface area (Å²) in [7, 11) is 3.82. The fourth-order valence-corrected chi connectivity index (χ4v) is 3.65. The van der Waals surface area contributed by atoms with Gasteiger partial charge in [0.2, 0.25) is 0 Å². The van der Waals surface area contributed by atoms with Crippen molar-refractivity contribution in [3.63, 3.8) is 0 Å². The van der Waals surface area contributed by atoms with Gasteiger partial charge in [-0.2, -0.15) is 5.10 Å². The van der Waals surface area contributed by atoms with E-state index in [4.69, 9.17) is 0 Å².